The molecule has 0 saturated heterocycles. The van der Waals surface area contributed by atoms with Crippen LogP contribution in [0.25, 0.3) is 0 Å². The van der Waals surface area contributed by atoms with Gasteiger partial charge in [-0.2, -0.15) is 0 Å². The molecule has 0 radical (unpaired) electrons. The number of alkyl halides is 1. The molecule has 1 N–H and O–H groups in total. The van der Waals surface area contributed by atoms with Crippen molar-refractivity contribution in [2.75, 3.05) is 88.3 Å². The fourth-order valence-electron chi connectivity index (χ4n) is 6.17. The van der Waals surface area contributed by atoms with Crippen LogP contribution in [-0.2, 0) is 33.1 Å². The van der Waals surface area contributed by atoms with Gasteiger partial charge >= 0.3 is 0 Å². The largest absolute Gasteiger partial charge is 0.493 e. The number of nitrogens with zero attached hydrogens (tertiary/aromatic N) is 2. The highest BCUT2D eigenvalue weighted by atomic mass is 35.5. The number of benzene rings is 2. The molecule has 1 atom stereocenters. The van der Waals surface area contributed by atoms with Crippen LogP contribution in [0.5, 0.6) is 11.5 Å². The maximum absolute atomic E-state index is 13.8. The molecule has 0 fully saturated rings. The van der Waals surface area contributed by atoms with Gasteiger partial charge in [-0.3, -0.25) is 4.79 Å². The number of nitrogens with one attached hydrogen (secondary N) is 1. The van der Waals surface area contributed by atoms with Crippen molar-refractivity contribution in [3.05, 3.63) is 76.9 Å². The summed E-state index contributed by atoms with van der Waals surface area (Å²) in [5.74, 6) is 1.35. The predicted octanol–water partition coefficient (Wildman–Crippen LogP) is 6.89. The molecule has 0 saturated carbocycles. The summed E-state index contributed by atoms with van der Waals surface area (Å²) in [6.45, 7) is 9.67. The van der Waals surface area contributed by atoms with Crippen LogP contribution < -0.4 is 24.6 Å². The van der Waals surface area contributed by atoms with Gasteiger partial charge in [0.15, 0.2) is 11.5 Å². The monoisotopic (exact) mass is 727 g/mol. The van der Waals surface area contributed by atoms with Crippen molar-refractivity contribution in [3.63, 3.8) is 0 Å². The maximum atomic E-state index is 13.8. The van der Waals surface area contributed by atoms with Crippen LogP contribution in [0.2, 0.25) is 0 Å². The molecule has 0 aromatic heterocycles. The van der Waals surface area contributed by atoms with Gasteiger partial charge in [-0.1, -0.05) is 39.8 Å². The topological polar surface area (TPSA) is 81.7 Å². The van der Waals surface area contributed by atoms with Crippen molar-refractivity contribution < 1.29 is 28.5 Å². The maximum Gasteiger partial charge on any atom is 0.260 e. The van der Waals surface area contributed by atoms with Crippen LogP contribution in [-0.4, -0.2) is 89.8 Å². The zero-order valence-corrected chi connectivity index (χ0v) is 31.3. The van der Waals surface area contributed by atoms with E-state index in [1.54, 1.807) is 37.1 Å². The Kier molecular flexibility index (Phi) is 13.5. The zero-order chi connectivity index (χ0) is 34.8. The van der Waals surface area contributed by atoms with Gasteiger partial charge < -0.3 is 38.8 Å². The Morgan fingerprint density at radius 2 is 1.82 bits per heavy atom. The van der Waals surface area contributed by atoms with Gasteiger partial charge in [-0.15, -0.1) is 11.6 Å². The number of methoxy groups -OCH3 is 2. The molecule has 9 nitrogen and oxygen atoms in total. The first kappa shape index (κ1) is 37.3. The first-order valence-electron chi connectivity index (χ1n) is 16.4. The lowest BCUT2D eigenvalue weighted by molar-refractivity contribution is 0.0264. The Bertz CT molecular complexity index is 1560. The fourth-order valence-corrected chi connectivity index (χ4v) is 8.49. The fraction of sp³-hybridized carbons (Fsp3) is 0.486. The van der Waals surface area contributed by atoms with Crippen LogP contribution in [0, 0.1) is 12.1 Å². The highest BCUT2D eigenvalue weighted by Crippen LogP contribution is 2.40. The Hall–Kier alpha value is -2.98. The smallest absolute Gasteiger partial charge is 0.260 e. The SMILES string of the molecule is COCCOCCOCCN(CC(C)(C)SSC)c1cc(CCl)cc(COc2cc3c(cc2OC)C(=O)N2c4ccc#cc4C[C@H]2CN3)c1. The first-order chi connectivity index (χ1) is 23.8. The Morgan fingerprint density at radius 1 is 1.04 bits per heavy atom. The minimum atomic E-state index is -0.0714. The average Bonchev–Trinajstić information content (AvgIpc) is 3.42. The molecule has 49 heavy (non-hydrogen) atoms. The number of carbonyl (C=O) groups is 1. The number of fused-ring (bicyclic) bond motifs is 4. The number of hydrogen-bond acceptors (Lipinski definition) is 10. The quantitative estimate of drug-likeness (QED) is 0.0802. The molecule has 2 aliphatic rings. The van der Waals surface area contributed by atoms with Gasteiger partial charge in [-0.25, -0.2) is 0 Å². The zero-order valence-electron chi connectivity index (χ0n) is 28.9. The third-order valence-corrected chi connectivity index (χ3v) is 11.3. The van der Waals surface area contributed by atoms with Crippen LogP contribution in [0.15, 0.2) is 42.5 Å². The average molecular weight is 728 g/mol. The number of rotatable bonds is 19. The summed E-state index contributed by atoms with van der Waals surface area (Å²) in [4.78, 5) is 18.1. The van der Waals surface area contributed by atoms with Crippen molar-refractivity contribution in [3.8, 4) is 11.5 Å². The van der Waals surface area contributed by atoms with Crippen LogP contribution >= 0.6 is 33.2 Å². The number of anilines is 3. The van der Waals surface area contributed by atoms with Crippen molar-refractivity contribution in [2.45, 2.75) is 43.5 Å². The van der Waals surface area contributed by atoms with Gasteiger partial charge in [0.2, 0.25) is 0 Å². The standard InChI is InChI=1S/C37H46ClN3O6S2/c1-37(2,49-48-5)25-40(10-11-45-14-15-46-13-12-43-3)29-17-26(22-38)16-27(18-29)24-47-35-21-32-31(20-34(35)44-4)36(42)41-30(23-39-32)19-28-8-6-7-9-33(28)41/h7,9,16-18,20-21,30,39H,10-15,19,22-25H2,1-5H3/t30-/m0/s1. The van der Waals surface area contributed by atoms with E-state index in [4.69, 9.17) is 35.3 Å². The summed E-state index contributed by atoms with van der Waals surface area (Å²) in [6.07, 6.45) is 2.84. The predicted molar refractivity (Wildman–Crippen MR) is 201 cm³/mol. The van der Waals surface area contributed by atoms with E-state index >= 15 is 0 Å². The van der Waals surface area contributed by atoms with Crippen LogP contribution in [0.4, 0.5) is 17.1 Å². The molecule has 0 bridgehead atoms. The molecule has 3 aromatic rings. The molecule has 5 rings (SSSR count). The van der Waals surface area contributed by atoms with Gasteiger partial charge in [0, 0.05) is 61.1 Å². The minimum absolute atomic E-state index is 0.00380. The lowest BCUT2D eigenvalue weighted by atomic mass is 10.1. The van der Waals surface area contributed by atoms with Crippen molar-refractivity contribution in [2.24, 2.45) is 0 Å². The summed E-state index contributed by atoms with van der Waals surface area (Å²) in [5, 5.41) is 3.49. The molecule has 2 heterocycles. The molecule has 264 valence electrons. The van der Waals surface area contributed by atoms with Gasteiger partial charge in [0.25, 0.3) is 5.91 Å². The Morgan fingerprint density at radius 3 is 2.57 bits per heavy atom. The number of carbonyl (C=O) groups excluding carboxylic acids is 1. The Labute approximate surface area is 303 Å². The molecule has 2 aliphatic heterocycles. The number of hydrogen-bond donors (Lipinski definition) is 1. The third kappa shape index (κ3) is 9.63. The normalized spacial score (nSPS) is 15.1. The second-order valence-corrected chi connectivity index (χ2v) is 15.9. The number of halogens is 1. The summed E-state index contributed by atoms with van der Waals surface area (Å²) >= 11 is 6.42. The molecule has 0 aliphatic carbocycles. The minimum Gasteiger partial charge on any atom is -0.493 e. The van der Waals surface area contributed by atoms with E-state index in [0.717, 1.165) is 46.7 Å². The Balaban J connectivity index is 1.32. The molecule has 12 heteroatoms. The summed E-state index contributed by atoms with van der Waals surface area (Å²) < 4.78 is 28.7. The number of amides is 1. The van der Waals surface area contributed by atoms with Crippen molar-refractivity contribution in [1.29, 1.82) is 0 Å². The second kappa shape index (κ2) is 17.8. The molecular formula is C37H46ClN3O6S2. The summed E-state index contributed by atoms with van der Waals surface area (Å²) in [6, 6.07) is 19.9. The molecule has 1 amide bonds. The van der Waals surface area contributed by atoms with Gasteiger partial charge in [0.1, 0.15) is 6.61 Å². The third-order valence-electron chi connectivity index (χ3n) is 8.34. The lowest BCUT2D eigenvalue weighted by Crippen LogP contribution is -2.39. The molecular weight excluding hydrogens is 682 g/mol. The van der Waals surface area contributed by atoms with E-state index in [9.17, 15) is 4.79 Å². The van der Waals surface area contributed by atoms with E-state index in [2.05, 4.69) is 60.7 Å². The van der Waals surface area contributed by atoms with E-state index in [-0.39, 0.29) is 16.7 Å². The lowest BCUT2D eigenvalue weighted by Gasteiger charge is -2.34. The van der Waals surface area contributed by atoms with E-state index < -0.39 is 0 Å². The van der Waals surface area contributed by atoms with E-state index in [1.807, 2.05) is 27.8 Å². The van der Waals surface area contributed by atoms with Gasteiger partial charge in [-0.05, 0) is 61.6 Å². The molecule has 0 spiro atoms. The van der Waals surface area contributed by atoms with E-state index in [1.165, 1.54) is 0 Å². The molecule has 3 aromatic carbocycles. The van der Waals surface area contributed by atoms with E-state index in [0.29, 0.717) is 75.7 Å². The molecule has 0 unspecified atom stereocenters. The highest BCUT2D eigenvalue weighted by Gasteiger charge is 2.38. The van der Waals surface area contributed by atoms with Crippen molar-refractivity contribution >= 4 is 56.2 Å². The van der Waals surface area contributed by atoms with Crippen molar-refractivity contribution in [1.82, 2.24) is 0 Å². The summed E-state index contributed by atoms with van der Waals surface area (Å²) in [7, 11) is 6.87. The number of ether oxygens (including phenoxy) is 5. The van der Waals surface area contributed by atoms with Crippen LogP contribution in [0.3, 0.4) is 0 Å². The second-order valence-electron chi connectivity index (χ2n) is 12.5. The summed E-state index contributed by atoms with van der Waals surface area (Å²) in [5.41, 5.74) is 6.21. The van der Waals surface area contributed by atoms with Crippen LogP contribution in [0.1, 0.15) is 40.9 Å². The highest BCUT2D eigenvalue weighted by molar-refractivity contribution is 8.77. The van der Waals surface area contributed by atoms with Gasteiger partial charge in [0.05, 0.1) is 63.1 Å². The first-order valence-corrected chi connectivity index (χ1v) is 19.5.